The molecule has 0 aliphatic rings. The fraction of sp³-hybridized carbons (Fsp3) is 0.250. The number of hydrogen-bond acceptors (Lipinski definition) is 5. The van der Waals surface area contributed by atoms with E-state index >= 15 is 0 Å². The fourth-order valence-corrected chi connectivity index (χ4v) is 2.91. The van der Waals surface area contributed by atoms with Gasteiger partial charge in [0.1, 0.15) is 18.0 Å². The molecule has 1 amide bonds. The summed E-state index contributed by atoms with van der Waals surface area (Å²) in [6, 6.07) is 12.1. The SMILES string of the molecule is COc1ccc(C(C)NC(=O)Cn2cnc3ccccc3c2=O)c(OC)c1. The van der Waals surface area contributed by atoms with Gasteiger partial charge in [-0.25, -0.2) is 4.98 Å². The van der Waals surface area contributed by atoms with Gasteiger partial charge in [0.25, 0.3) is 5.56 Å². The van der Waals surface area contributed by atoms with Gasteiger partial charge in [0.15, 0.2) is 0 Å². The van der Waals surface area contributed by atoms with E-state index in [1.165, 1.54) is 10.9 Å². The summed E-state index contributed by atoms with van der Waals surface area (Å²) in [5.41, 5.74) is 1.18. The maximum atomic E-state index is 12.5. The van der Waals surface area contributed by atoms with Gasteiger partial charge in [-0.3, -0.25) is 14.2 Å². The topological polar surface area (TPSA) is 82.5 Å². The summed E-state index contributed by atoms with van der Waals surface area (Å²) < 4.78 is 11.9. The summed E-state index contributed by atoms with van der Waals surface area (Å²) in [5.74, 6) is 0.995. The minimum Gasteiger partial charge on any atom is -0.497 e. The first-order chi connectivity index (χ1) is 13.0. The molecule has 1 N–H and O–H groups in total. The third-order valence-corrected chi connectivity index (χ3v) is 4.33. The predicted molar refractivity (Wildman–Crippen MR) is 102 cm³/mol. The van der Waals surface area contributed by atoms with Gasteiger partial charge in [-0.15, -0.1) is 0 Å². The van der Waals surface area contributed by atoms with Gasteiger partial charge in [-0.05, 0) is 31.2 Å². The third kappa shape index (κ3) is 3.92. The molecule has 1 unspecified atom stereocenters. The number of carbonyl (C=O) groups is 1. The van der Waals surface area contributed by atoms with Crippen molar-refractivity contribution < 1.29 is 14.3 Å². The molecule has 1 atom stereocenters. The summed E-state index contributed by atoms with van der Waals surface area (Å²) in [6.07, 6.45) is 1.39. The van der Waals surface area contributed by atoms with E-state index in [4.69, 9.17) is 9.47 Å². The minimum atomic E-state index is -0.303. The number of para-hydroxylation sites is 1. The van der Waals surface area contributed by atoms with Crippen molar-refractivity contribution in [1.29, 1.82) is 0 Å². The van der Waals surface area contributed by atoms with Gasteiger partial charge in [-0.2, -0.15) is 0 Å². The highest BCUT2D eigenvalue weighted by molar-refractivity contribution is 5.79. The van der Waals surface area contributed by atoms with Crippen molar-refractivity contribution in [3.63, 3.8) is 0 Å². The number of nitrogens with one attached hydrogen (secondary N) is 1. The average Bonchev–Trinajstić information content (AvgIpc) is 2.69. The monoisotopic (exact) mass is 367 g/mol. The van der Waals surface area contributed by atoms with Crippen LogP contribution in [0.25, 0.3) is 10.9 Å². The molecule has 140 valence electrons. The van der Waals surface area contributed by atoms with Gasteiger partial charge in [-0.1, -0.05) is 12.1 Å². The van der Waals surface area contributed by atoms with Crippen LogP contribution in [-0.4, -0.2) is 29.7 Å². The Kier molecular flexibility index (Phi) is 5.40. The summed E-state index contributed by atoms with van der Waals surface area (Å²) in [5, 5.41) is 3.37. The molecule has 0 aliphatic carbocycles. The van der Waals surface area contributed by atoms with Crippen LogP contribution >= 0.6 is 0 Å². The van der Waals surface area contributed by atoms with Crippen LogP contribution < -0.4 is 20.3 Å². The van der Waals surface area contributed by atoms with Gasteiger partial charge in [0, 0.05) is 11.6 Å². The van der Waals surface area contributed by atoms with Crippen LogP contribution in [0.15, 0.2) is 53.6 Å². The number of methoxy groups -OCH3 is 2. The lowest BCUT2D eigenvalue weighted by atomic mass is 10.1. The Bertz CT molecular complexity index is 1030. The number of rotatable bonds is 6. The number of ether oxygens (including phenoxy) is 2. The summed E-state index contributed by atoms with van der Waals surface area (Å²) in [6.45, 7) is 1.74. The van der Waals surface area contributed by atoms with E-state index in [2.05, 4.69) is 10.3 Å². The van der Waals surface area contributed by atoms with E-state index < -0.39 is 0 Å². The first-order valence-corrected chi connectivity index (χ1v) is 8.49. The second kappa shape index (κ2) is 7.90. The van der Waals surface area contributed by atoms with Crippen LogP contribution in [0.4, 0.5) is 0 Å². The molecule has 2 aromatic carbocycles. The molecule has 0 radical (unpaired) electrons. The standard InChI is InChI=1S/C20H21N3O4/c1-13(15-9-8-14(26-2)10-18(15)27-3)22-19(24)11-23-12-21-17-7-5-4-6-16(17)20(23)25/h4-10,12-13H,11H2,1-3H3,(H,22,24). The van der Waals surface area contributed by atoms with Crippen LogP contribution in [0.2, 0.25) is 0 Å². The highest BCUT2D eigenvalue weighted by atomic mass is 16.5. The first kappa shape index (κ1) is 18.4. The van der Waals surface area contributed by atoms with Crippen molar-refractivity contribution in [2.24, 2.45) is 0 Å². The highest BCUT2D eigenvalue weighted by Gasteiger charge is 2.16. The highest BCUT2D eigenvalue weighted by Crippen LogP contribution is 2.29. The Labute approximate surface area is 156 Å². The van der Waals surface area contributed by atoms with Crippen LogP contribution in [0.5, 0.6) is 11.5 Å². The van der Waals surface area contributed by atoms with E-state index in [9.17, 15) is 9.59 Å². The maximum Gasteiger partial charge on any atom is 0.261 e. The number of carbonyl (C=O) groups excluding carboxylic acids is 1. The fourth-order valence-electron chi connectivity index (χ4n) is 2.91. The van der Waals surface area contributed by atoms with E-state index in [0.29, 0.717) is 22.4 Å². The van der Waals surface area contributed by atoms with Crippen LogP contribution in [0.3, 0.4) is 0 Å². The lowest BCUT2D eigenvalue weighted by Gasteiger charge is -2.18. The predicted octanol–water partition coefficient (Wildman–Crippen LogP) is 2.29. The zero-order valence-corrected chi connectivity index (χ0v) is 15.4. The Morgan fingerprint density at radius 3 is 2.70 bits per heavy atom. The van der Waals surface area contributed by atoms with Crippen molar-refractivity contribution in [3.8, 4) is 11.5 Å². The van der Waals surface area contributed by atoms with Crippen molar-refractivity contribution in [3.05, 3.63) is 64.7 Å². The van der Waals surface area contributed by atoms with Crippen molar-refractivity contribution in [2.75, 3.05) is 14.2 Å². The zero-order chi connectivity index (χ0) is 19.4. The summed E-state index contributed by atoms with van der Waals surface area (Å²) in [4.78, 5) is 29.2. The van der Waals surface area contributed by atoms with E-state index in [1.54, 1.807) is 44.6 Å². The maximum absolute atomic E-state index is 12.5. The molecule has 0 bridgehead atoms. The summed E-state index contributed by atoms with van der Waals surface area (Å²) in [7, 11) is 3.14. The molecule has 1 aromatic heterocycles. The smallest absolute Gasteiger partial charge is 0.261 e. The van der Waals surface area contributed by atoms with E-state index in [0.717, 1.165) is 5.56 Å². The molecular weight excluding hydrogens is 346 g/mol. The Morgan fingerprint density at radius 1 is 1.19 bits per heavy atom. The third-order valence-electron chi connectivity index (χ3n) is 4.33. The molecular formula is C20H21N3O4. The first-order valence-electron chi connectivity index (χ1n) is 8.49. The normalized spacial score (nSPS) is 11.8. The van der Waals surface area contributed by atoms with Crippen molar-refractivity contribution in [2.45, 2.75) is 19.5 Å². The molecule has 3 aromatic rings. The molecule has 0 saturated carbocycles. The molecule has 0 saturated heterocycles. The van der Waals surface area contributed by atoms with E-state index in [1.807, 2.05) is 19.1 Å². The lowest BCUT2D eigenvalue weighted by Crippen LogP contribution is -2.34. The average molecular weight is 367 g/mol. The number of fused-ring (bicyclic) bond motifs is 1. The molecule has 3 rings (SSSR count). The number of nitrogens with zero attached hydrogens (tertiary/aromatic N) is 2. The second-order valence-electron chi connectivity index (χ2n) is 6.09. The number of amides is 1. The Balaban J connectivity index is 1.76. The van der Waals surface area contributed by atoms with Crippen LogP contribution in [-0.2, 0) is 11.3 Å². The Hall–Kier alpha value is -3.35. The lowest BCUT2D eigenvalue weighted by molar-refractivity contribution is -0.122. The van der Waals surface area contributed by atoms with Crippen molar-refractivity contribution in [1.82, 2.24) is 14.9 Å². The zero-order valence-electron chi connectivity index (χ0n) is 15.4. The van der Waals surface area contributed by atoms with Crippen LogP contribution in [0, 0.1) is 0 Å². The van der Waals surface area contributed by atoms with E-state index in [-0.39, 0.29) is 24.1 Å². The van der Waals surface area contributed by atoms with Gasteiger partial charge in [0.05, 0.1) is 37.5 Å². The second-order valence-corrected chi connectivity index (χ2v) is 6.09. The van der Waals surface area contributed by atoms with Crippen LogP contribution in [0.1, 0.15) is 18.5 Å². The van der Waals surface area contributed by atoms with Gasteiger partial charge < -0.3 is 14.8 Å². The Morgan fingerprint density at radius 2 is 1.96 bits per heavy atom. The number of benzene rings is 2. The molecule has 0 spiro atoms. The molecule has 27 heavy (non-hydrogen) atoms. The summed E-state index contributed by atoms with van der Waals surface area (Å²) >= 11 is 0. The quantitative estimate of drug-likeness (QED) is 0.723. The van der Waals surface area contributed by atoms with Crippen molar-refractivity contribution >= 4 is 16.8 Å². The van der Waals surface area contributed by atoms with Gasteiger partial charge in [0.2, 0.25) is 5.91 Å². The molecule has 7 nitrogen and oxygen atoms in total. The molecule has 1 heterocycles. The largest absolute Gasteiger partial charge is 0.497 e. The minimum absolute atomic E-state index is 0.112. The molecule has 0 aliphatic heterocycles. The number of aromatic nitrogens is 2. The number of hydrogen-bond donors (Lipinski definition) is 1. The molecule has 7 heteroatoms. The molecule has 0 fully saturated rings. The van der Waals surface area contributed by atoms with Gasteiger partial charge >= 0.3 is 0 Å².